The Hall–Kier alpha value is -1.98. The van der Waals surface area contributed by atoms with E-state index in [4.69, 9.17) is 14.2 Å². The highest BCUT2D eigenvalue weighted by Gasteiger charge is 2.30. The Morgan fingerprint density at radius 3 is 2.23 bits per heavy atom. The van der Waals surface area contributed by atoms with E-state index in [1.54, 1.807) is 33.5 Å². The van der Waals surface area contributed by atoms with E-state index in [0.717, 1.165) is 19.4 Å². The second-order valence-corrected chi connectivity index (χ2v) is 6.22. The predicted octanol–water partition coefficient (Wildman–Crippen LogP) is 3.82. The number of nitrogens with one attached hydrogen (secondary N) is 1. The van der Waals surface area contributed by atoms with Gasteiger partial charge in [0.2, 0.25) is 5.75 Å². The van der Waals surface area contributed by atoms with Crippen molar-refractivity contribution in [2.24, 2.45) is 5.41 Å². The van der Waals surface area contributed by atoms with Crippen LogP contribution in [0.1, 0.15) is 29.6 Å². The Labute approximate surface area is 161 Å². The van der Waals surface area contributed by atoms with Crippen LogP contribution in [0.2, 0.25) is 0 Å². The van der Waals surface area contributed by atoms with E-state index >= 15 is 0 Å². The summed E-state index contributed by atoms with van der Waals surface area (Å²) in [5.41, 5.74) is 0.413. The standard InChI is InChI=1S/C20H27NO4.ClH/c1-21-11-10-20(8-6-5-7-9-20)14-16(22)15-12-17(23-2)19(25-4)18(13-15)24-3;/h5-8,12-13,21H,9-11,14H2,1-4H3;1H. The van der Waals surface area contributed by atoms with E-state index in [1.807, 2.05) is 19.2 Å². The minimum absolute atomic E-state index is 0. The van der Waals surface area contributed by atoms with Gasteiger partial charge in [0, 0.05) is 17.4 Å². The van der Waals surface area contributed by atoms with Gasteiger partial charge in [0.15, 0.2) is 17.3 Å². The average molecular weight is 382 g/mol. The zero-order valence-corrected chi connectivity index (χ0v) is 16.7. The normalized spacial score (nSPS) is 18.2. The first kappa shape index (κ1) is 22.1. The molecule has 5 nitrogen and oxygen atoms in total. The third-order valence-electron chi connectivity index (χ3n) is 4.59. The van der Waals surface area contributed by atoms with E-state index in [9.17, 15) is 4.79 Å². The molecule has 26 heavy (non-hydrogen) atoms. The molecule has 1 unspecified atom stereocenters. The Bertz CT molecular complexity index is 647. The lowest BCUT2D eigenvalue weighted by atomic mass is 9.74. The molecule has 0 radical (unpaired) electrons. The summed E-state index contributed by atoms with van der Waals surface area (Å²) in [6.45, 7) is 0.862. The Kier molecular flexibility index (Phi) is 8.69. The lowest BCUT2D eigenvalue weighted by molar-refractivity contribution is 0.0931. The van der Waals surface area contributed by atoms with Crippen molar-refractivity contribution >= 4 is 18.2 Å². The molecule has 0 heterocycles. The second kappa shape index (κ2) is 10.2. The van der Waals surface area contributed by atoms with Crippen LogP contribution in [0.3, 0.4) is 0 Å². The first-order valence-electron chi connectivity index (χ1n) is 8.41. The number of carbonyl (C=O) groups is 1. The maximum Gasteiger partial charge on any atom is 0.203 e. The molecule has 1 aromatic rings. The molecule has 0 saturated carbocycles. The summed E-state index contributed by atoms with van der Waals surface area (Å²) in [4.78, 5) is 13.0. The number of hydrogen-bond acceptors (Lipinski definition) is 5. The SMILES string of the molecule is CNCCC1(CC(=O)c2cc(OC)c(OC)c(OC)c2)C=CC=CC1.Cl. The first-order chi connectivity index (χ1) is 12.1. The molecule has 0 bridgehead atoms. The lowest BCUT2D eigenvalue weighted by Gasteiger charge is -2.31. The van der Waals surface area contributed by atoms with Crippen molar-refractivity contribution in [2.45, 2.75) is 19.3 Å². The molecule has 1 aliphatic rings. The molecule has 0 amide bonds. The molecule has 0 saturated heterocycles. The average Bonchev–Trinajstić information content (AvgIpc) is 2.65. The highest BCUT2D eigenvalue weighted by atomic mass is 35.5. The molecule has 144 valence electrons. The van der Waals surface area contributed by atoms with Gasteiger partial charge in [-0.15, -0.1) is 12.4 Å². The van der Waals surface area contributed by atoms with E-state index in [-0.39, 0.29) is 23.6 Å². The summed E-state index contributed by atoms with van der Waals surface area (Å²) < 4.78 is 16.0. The van der Waals surface area contributed by atoms with Crippen molar-refractivity contribution in [1.82, 2.24) is 5.32 Å². The van der Waals surface area contributed by atoms with Crippen molar-refractivity contribution in [1.29, 1.82) is 0 Å². The number of carbonyl (C=O) groups excluding carboxylic acids is 1. The molecule has 2 rings (SSSR count). The van der Waals surface area contributed by atoms with Crippen molar-refractivity contribution < 1.29 is 19.0 Å². The first-order valence-corrected chi connectivity index (χ1v) is 8.41. The number of hydrogen-bond donors (Lipinski definition) is 1. The number of Topliss-reactive ketones (excluding diaryl/α,β-unsaturated/α-hetero) is 1. The van der Waals surface area contributed by atoms with Crippen LogP contribution in [-0.2, 0) is 0 Å². The van der Waals surface area contributed by atoms with E-state index in [0.29, 0.717) is 29.2 Å². The van der Waals surface area contributed by atoms with Crippen LogP contribution in [0.5, 0.6) is 17.2 Å². The van der Waals surface area contributed by atoms with Gasteiger partial charge in [-0.05, 0) is 38.6 Å². The van der Waals surface area contributed by atoms with Gasteiger partial charge in [-0.3, -0.25) is 4.79 Å². The number of halogens is 1. The molecular weight excluding hydrogens is 354 g/mol. The Morgan fingerprint density at radius 2 is 1.77 bits per heavy atom. The minimum Gasteiger partial charge on any atom is -0.493 e. The van der Waals surface area contributed by atoms with Crippen molar-refractivity contribution in [2.75, 3.05) is 34.9 Å². The van der Waals surface area contributed by atoms with Crippen LogP contribution in [0.15, 0.2) is 36.4 Å². The number of benzene rings is 1. The van der Waals surface area contributed by atoms with Gasteiger partial charge in [-0.1, -0.05) is 24.3 Å². The summed E-state index contributed by atoms with van der Waals surface area (Å²) in [5, 5.41) is 3.18. The smallest absolute Gasteiger partial charge is 0.203 e. The van der Waals surface area contributed by atoms with Crippen LogP contribution in [0.25, 0.3) is 0 Å². The van der Waals surface area contributed by atoms with Gasteiger partial charge in [0.05, 0.1) is 21.3 Å². The molecule has 1 N–H and O–H groups in total. The van der Waals surface area contributed by atoms with Gasteiger partial charge in [-0.25, -0.2) is 0 Å². The third-order valence-corrected chi connectivity index (χ3v) is 4.59. The Balaban J connectivity index is 0.00000338. The quantitative estimate of drug-likeness (QED) is 0.659. The summed E-state index contributed by atoms with van der Waals surface area (Å²) in [5.74, 6) is 1.55. The van der Waals surface area contributed by atoms with Crippen LogP contribution >= 0.6 is 12.4 Å². The van der Waals surface area contributed by atoms with Crippen LogP contribution < -0.4 is 19.5 Å². The van der Waals surface area contributed by atoms with Gasteiger partial charge in [0.25, 0.3) is 0 Å². The third kappa shape index (κ3) is 5.02. The van der Waals surface area contributed by atoms with Crippen LogP contribution in [0, 0.1) is 5.41 Å². The fourth-order valence-electron chi connectivity index (χ4n) is 3.15. The lowest BCUT2D eigenvalue weighted by Crippen LogP contribution is -2.27. The maximum absolute atomic E-state index is 13.0. The van der Waals surface area contributed by atoms with Crippen LogP contribution in [0.4, 0.5) is 0 Å². The topological polar surface area (TPSA) is 56.8 Å². The number of rotatable bonds is 9. The van der Waals surface area contributed by atoms with Crippen molar-refractivity contribution in [3.8, 4) is 17.2 Å². The number of ether oxygens (including phenoxy) is 3. The second-order valence-electron chi connectivity index (χ2n) is 6.22. The highest BCUT2D eigenvalue weighted by molar-refractivity contribution is 5.98. The molecule has 1 aromatic carbocycles. The maximum atomic E-state index is 13.0. The van der Waals surface area contributed by atoms with Gasteiger partial charge >= 0.3 is 0 Å². The molecule has 6 heteroatoms. The largest absolute Gasteiger partial charge is 0.493 e. The molecule has 0 aliphatic heterocycles. The monoisotopic (exact) mass is 381 g/mol. The molecular formula is C20H28ClNO4. The summed E-state index contributed by atoms with van der Waals surface area (Å²) in [7, 11) is 6.58. The highest BCUT2D eigenvalue weighted by Crippen LogP contribution is 2.41. The molecule has 0 fully saturated rings. The summed E-state index contributed by atoms with van der Waals surface area (Å²) >= 11 is 0. The molecule has 0 aromatic heterocycles. The zero-order chi connectivity index (χ0) is 18.3. The van der Waals surface area contributed by atoms with Gasteiger partial charge in [-0.2, -0.15) is 0 Å². The number of ketones is 1. The molecule has 0 spiro atoms. The molecule has 1 aliphatic carbocycles. The fourth-order valence-corrected chi connectivity index (χ4v) is 3.15. The summed E-state index contributed by atoms with van der Waals surface area (Å²) in [6, 6.07) is 3.44. The van der Waals surface area contributed by atoms with E-state index < -0.39 is 0 Å². The molecule has 1 atom stereocenters. The summed E-state index contributed by atoms with van der Waals surface area (Å²) in [6.07, 6.45) is 10.5. The predicted molar refractivity (Wildman–Crippen MR) is 106 cm³/mol. The number of methoxy groups -OCH3 is 3. The van der Waals surface area contributed by atoms with E-state index in [2.05, 4.69) is 17.5 Å². The minimum atomic E-state index is -0.157. The Morgan fingerprint density at radius 1 is 1.12 bits per heavy atom. The van der Waals surface area contributed by atoms with Crippen LogP contribution in [-0.4, -0.2) is 40.7 Å². The number of allylic oxidation sites excluding steroid dienone is 4. The van der Waals surface area contributed by atoms with Crippen molar-refractivity contribution in [3.63, 3.8) is 0 Å². The van der Waals surface area contributed by atoms with Gasteiger partial charge in [0.1, 0.15) is 0 Å². The zero-order valence-electron chi connectivity index (χ0n) is 15.8. The fraction of sp³-hybridized carbons (Fsp3) is 0.450. The van der Waals surface area contributed by atoms with Crippen molar-refractivity contribution in [3.05, 3.63) is 42.0 Å². The van der Waals surface area contributed by atoms with E-state index in [1.165, 1.54) is 0 Å². The van der Waals surface area contributed by atoms with Gasteiger partial charge < -0.3 is 19.5 Å².